The fourth-order valence-corrected chi connectivity index (χ4v) is 2.91. The maximum absolute atomic E-state index is 12.0. The van der Waals surface area contributed by atoms with Gasteiger partial charge in [-0.25, -0.2) is 9.97 Å². The highest BCUT2D eigenvalue weighted by atomic mass is 32.1. The van der Waals surface area contributed by atoms with E-state index in [1.165, 1.54) is 6.08 Å². The lowest BCUT2D eigenvalue weighted by Crippen LogP contribution is -2.07. The quantitative estimate of drug-likeness (QED) is 0.733. The number of nitrogens with zero attached hydrogens (tertiary/aromatic N) is 2. The summed E-state index contributed by atoms with van der Waals surface area (Å²) in [6.45, 7) is 1.94. The lowest BCUT2D eigenvalue weighted by Gasteiger charge is -2.00. The van der Waals surface area contributed by atoms with Crippen molar-refractivity contribution in [3.05, 3.63) is 46.2 Å². The second-order valence-electron chi connectivity index (χ2n) is 5.62. The number of hydrogen-bond acceptors (Lipinski definition) is 5. The predicted molar refractivity (Wildman–Crippen MR) is 90.5 cm³/mol. The highest BCUT2D eigenvalue weighted by Gasteiger charge is 2.28. The molecule has 5 nitrogen and oxygen atoms in total. The molecular formula is C17H15N3O2S. The Labute approximate surface area is 137 Å². The Hall–Kier alpha value is -2.47. The summed E-state index contributed by atoms with van der Waals surface area (Å²) in [6.07, 6.45) is 5.49. The number of carbonyl (C=O) groups is 1. The SMILES string of the molecule is Cc1nc(C=CC(=O)Nc2ccc3oc(C4CC4)nc3c2)cs1. The third kappa shape index (κ3) is 3.17. The van der Waals surface area contributed by atoms with Gasteiger partial charge in [0.05, 0.1) is 10.7 Å². The van der Waals surface area contributed by atoms with E-state index in [0.29, 0.717) is 11.6 Å². The second-order valence-corrected chi connectivity index (χ2v) is 6.69. The summed E-state index contributed by atoms with van der Waals surface area (Å²) in [4.78, 5) is 20.8. The molecule has 0 atom stereocenters. The molecule has 1 saturated carbocycles. The van der Waals surface area contributed by atoms with E-state index in [9.17, 15) is 4.79 Å². The van der Waals surface area contributed by atoms with Crippen LogP contribution >= 0.6 is 11.3 Å². The molecule has 4 rings (SSSR count). The number of amides is 1. The first kappa shape index (κ1) is 14.1. The average Bonchev–Trinajstić information content (AvgIpc) is 3.17. The Morgan fingerprint density at radius 2 is 2.26 bits per heavy atom. The van der Waals surface area contributed by atoms with Crippen LogP contribution < -0.4 is 5.32 Å². The average molecular weight is 325 g/mol. The predicted octanol–water partition coefficient (Wildman–Crippen LogP) is 4.12. The van der Waals surface area contributed by atoms with Crippen LogP contribution in [0.2, 0.25) is 0 Å². The molecular weight excluding hydrogens is 310 g/mol. The summed E-state index contributed by atoms with van der Waals surface area (Å²) in [5.74, 6) is 1.09. The number of oxazole rings is 1. The zero-order valence-electron chi connectivity index (χ0n) is 12.6. The Balaban J connectivity index is 1.48. The molecule has 2 heterocycles. The van der Waals surface area contributed by atoms with Gasteiger partial charge in [-0.3, -0.25) is 4.79 Å². The summed E-state index contributed by atoms with van der Waals surface area (Å²) in [5.41, 5.74) is 3.04. The lowest BCUT2D eigenvalue weighted by molar-refractivity contribution is -0.111. The topological polar surface area (TPSA) is 68.0 Å². The van der Waals surface area contributed by atoms with Crippen molar-refractivity contribution < 1.29 is 9.21 Å². The molecule has 1 N–H and O–H groups in total. The van der Waals surface area contributed by atoms with Crippen molar-refractivity contribution in [2.24, 2.45) is 0 Å². The van der Waals surface area contributed by atoms with E-state index in [0.717, 1.165) is 40.5 Å². The van der Waals surface area contributed by atoms with Crippen molar-refractivity contribution in [3.8, 4) is 0 Å². The summed E-state index contributed by atoms with van der Waals surface area (Å²) in [6, 6.07) is 5.50. The van der Waals surface area contributed by atoms with Crippen LogP contribution in [0, 0.1) is 6.92 Å². The molecule has 23 heavy (non-hydrogen) atoms. The minimum Gasteiger partial charge on any atom is -0.440 e. The first-order valence-electron chi connectivity index (χ1n) is 7.49. The first-order chi connectivity index (χ1) is 11.2. The van der Waals surface area contributed by atoms with Crippen LogP contribution in [0.5, 0.6) is 0 Å². The van der Waals surface area contributed by atoms with E-state index in [1.54, 1.807) is 17.4 Å². The Kier molecular flexibility index (Phi) is 3.46. The van der Waals surface area contributed by atoms with Gasteiger partial charge in [-0.2, -0.15) is 0 Å². The molecule has 0 saturated heterocycles. The lowest BCUT2D eigenvalue weighted by atomic mass is 10.3. The smallest absolute Gasteiger partial charge is 0.248 e. The molecule has 1 fully saturated rings. The molecule has 1 amide bonds. The number of thiazole rings is 1. The van der Waals surface area contributed by atoms with E-state index in [-0.39, 0.29) is 5.91 Å². The molecule has 1 aliphatic rings. The maximum atomic E-state index is 12.0. The summed E-state index contributed by atoms with van der Waals surface area (Å²) >= 11 is 1.56. The fraction of sp³-hybridized carbons (Fsp3) is 0.235. The Morgan fingerprint density at radius 1 is 1.39 bits per heavy atom. The van der Waals surface area contributed by atoms with E-state index in [1.807, 2.05) is 30.5 Å². The largest absolute Gasteiger partial charge is 0.440 e. The van der Waals surface area contributed by atoms with Gasteiger partial charge in [-0.1, -0.05) is 0 Å². The number of aromatic nitrogens is 2. The number of benzene rings is 1. The van der Waals surface area contributed by atoms with Crippen molar-refractivity contribution >= 4 is 40.1 Å². The minimum absolute atomic E-state index is 0.194. The highest BCUT2D eigenvalue weighted by Crippen LogP contribution is 2.40. The molecule has 1 aliphatic carbocycles. The zero-order chi connectivity index (χ0) is 15.8. The van der Waals surface area contributed by atoms with Gasteiger partial charge in [0.2, 0.25) is 5.91 Å². The summed E-state index contributed by atoms with van der Waals surface area (Å²) in [7, 11) is 0. The highest BCUT2D eigenvalue weighted by molar-refractivity contribution is 7.09. The molecule has 0 radical (unpaired) electrons. The van der Waals surface area contributed by atoms with Crippen LogP contribution in [0.4, 0.5) is 5.69 Å². The van der Waals surface area contributed by atoms with Crippen LogP contribution in [0.15, 0.2) is 34.1 Å². The minimum atomic E-state index is -0.194. The normalized spacial score (nSPS) is 14.7. The maximum Gasteiger partial charge on any atom is 0.248 e. The van der Waals surface area contributed by atoms with Gasteiger partial charge >= 0.3 is 0 Å². The third-order valence-corrected chi connectivity index (χ3v) is 4.43. The first-order valence-corrected chi connectivity index (χ1v) is 8.37. The number of fused-ring (bicyclic) bond motifs is 1. The van der Waals surface area contributed by atoms with Gasteiger partial charge < -0.3 is 9.73 Å². The number of aryl methyl sites for hydroxylation is 1. The van der Waals surface area contributed by atoms with Gasteiger partial charge in [-0.05, 0) is 44.0 Å². The Bertz CT molecular complexity index is 906. The van der Waals surface area contributed by atoms with Crippen molar-refractivity contribution in [1.29, 1.82) is 0 Å². The van der Waals surface area contributed by atoms with Crippen LogP contribution in [0.1, 0.15) is 35.4 Å². The summed E-state index contributed by atoms with van der Waals surface area (Å²) < 4.78 is 5.71. The molecule has 116 valence electrons. The van der Waals surface area contributed by atoms with Gasteiger partial charge in [0.1, 0.15) is 5.52 Å². The Morgan fingerprint density at radius 3 is 3.00 bits per heavy atom. The third-order valence-electron chi connectivity index (χ3n) is 3.64. The second kappa shape index (κ2) is 5.62. The van der Waals surface area contributed by atoms with Gasteiger partial charge in [0.15, 0.2) is 11.5 Å². The molecule has 0 unspecified atom stereocenters. The standard InChI is InChI=1S/C17H15N3O2S/c1-10-18-13(9-23-10)5-7-16(21)19-12-4-6-15-14(8-12)20-17(22-15)11-2-3-11/h4-9,11H,2-3H2,1H3,(H,19,21). The zero-order valence-corrected chi connectivity index (χ0v) is 13.4. The summed E-state index contributed by atoms with van der Waals surface area (Å²) in [5, 5.41) is 5.73. The van der Waals surface area contributed by atoms with E-state index >= 15 is 0 Å². The van der Waals surface area contributed by atoms with Crippen LogP contribution in [0.3, 0.4) is 0 Å². The van der Waals surface area contributed by atoms with Crippen LogP contribution in [-0.2, 0) is 4.79 Å². The number of carbonyl (C=O) groups excluding carboxylic acids is 1. The van der Waals surface area contributed by atoms with Crippen molar-refractivity contribution in [2.75, 3.05) is 5.32 Å². The van der Waals surface area contributed by atoms with Crippen LogP contribution in [0.25, 0.3) is 17.2 Å². The fourth-order valence-electron chi connectivity index (χ4n) is 2.33. The van der Waals surface area contributed by atoms with E-state index in [4.69, 9.17) is 4.42 Å². The number of nitrogens with one attached hydrogen (secondary N) is 1. The van der Waals surface area contributed by atoms with Gasteiger partial charge in [-0.15, -0.1) is 11.3 Å². The number of hydrogen-bond donors (Lipinski definition) is 1. The number of anilines is 1. The van der Waals surface area contributed by atoms with Crippen molar-refractivity contribution in [2.45, 2.75) is 25.7 Å². The molecule has 1 aromatic carbocycles. The van der Waals surface area contributed by atoms with E-state index < -0.39 is 0 Å². The van der Waals surface area contributed by atoms with Gasteiger partial charge in [0, 0.05) is 23.1 Å². The molecule has 2 aromatic heterocycles. The van der Waals surface area contributed by atoms with Gasteiger partial charge in [0.25, 0.3) is 0 Å². The monoisotopic (exact) mass is 325 g/mol. The molecule has 0 bridgehead atoms. The van der Waals surface area contributed by atoms with E-state index in [2.05, 4.69) is 15.3 Å². The number of rotatable bonds is 4. The van der Waals surface area contributed by atoms with Crippen molar-refractivity contribution in [3.63, 3.8) is 0 Å². The molecule has 0 aliphatic heterocycles. The molecule has 6 heteroatoms. The van der Waals surface area contributed by atoms with Crippen molar-refractivity contribution in [1.82, 2.24) is 9.97 Å². The molecule has 3 aromatic rings. The molecule has 0 spiro atoms. The van der Waals surface area contributed by atoms with Crippen LogP contribution in [-0.4, -0.2) is 15.9 Å².